The van der Waals surface area contributed by atoms with Crippen molar-refractivity contribution in [1.82, 2.24) is 0 Å². The number of carbonyl (C=O) groups is 1. The second kappa shape index (κ2) is 10.5. The molecule has 1 aliphatic heterocycles. The van der Waals surface area contributed by atoms with Crippen molar-refractivity contribution in [3.8, 4) is 0 Å². The van der Waals surface area contributed by atoms with E-state index in [0.717, 1.165) is 44.9 Å². The molecule has 1 aromatic carbocycles. The summed E-state index contributed by atoms with van der Waals surface area (Å²) >= 11 is 0. The number of methoxy groups -OCH3 is 1. The van der Waals surface area contributed by atoms with E-state index in [1.807, 2.05) is 18.2 Å². The minimum Gasteiger partial charge on any atom is -0.465 e. The molecule has 6 aliphatic rings. The maximum Gasteiger partial charge on any atom is 0.337 e. The average molecular weight is 642 g/mol. The molecule has 1 heterocycles. The number of benzene rings is 1. The summed E-state index contributed by atoms with van der Waals surface area (Å²) in [5.74, 6) is 0.707. The van der Waals surface area contributed by atoms with Gasteiger partial charge < -0.3 is 14.2 Å². The number of rotatable bonds is 4. The van der Waals surface area contributed by atoms with Gasteiger partial charge >= 0.3 is 5.97 Å². The van der Waals surface area contributed by atoms with Crippen LogP contribution in [0.4, 0.5) is 0 Å². The SMILES string of the molecule is C=C(C)[C@@H]1CC[C@]2(N=C=O)C[C@@H]3OC(C)(C)O[C@H]4C[C@H]5C(C)(C)C(c6ccc(C(=O)OC)cc6)=CC[C@]5(C)[C@H]5CC[C@H]([C@@H]12)[C@]3(C)[C@]45C. The van der Waals surface area contributed by atoms with Gasteiger partial charge in [-0.2, -0.15) is 4.99 Å². The van der Waals surface area contributed by atoms with Crippen LogP contribution in [0.1, 0.15) is 116 Å². The number of fused-ring (bicyclic) bond motifs is 4. The molecule has 1 saturated heterocycles. The lowest BCUT2D eigenvalue weighted by molar-refractivity contribution is -0.274. The van der Waals surface area contributed by atoms with E-state index >= 15 is 0 Å². The first-order valence-corrected chi connectivity index (χ1v) is 18.0. The van der Waals surface area contributed by atoms with Gasteiger partial charge in [-0.3, -0.25) is 0 Å². The van der Waals surface area contributed by atoms with E-state index in [4.69, 9.17) is 19.2 Å². The molecule has 254 valence electrons. The zero-order chi connectivity index (χ0) is 33.9. The maximum atomic E-state index is 12.2. The maximum absolute atomic E-state index is 12.2. The highest BCUT2D eigenvalue weighted by molar-refractivity contribution is 5.90. The van der Waals surface area contributed by atoms with E-state index in [1.54, 1.807) is 0 Å². The number of hydrogen-bond donors (Lipinski definition) is 0. The molecular weight excluding hydrogens is 586 g/mol. The molecule has 0 amide bonds. The molecular formula is C41H55NO5. The molecule has 5 fully saturated rings. The molecule has 0 aromatic heterocycles. The molecule has 11 atom stereocenters. The Labute approximate surface area is 281 Å². The fourth-order valence-electron chi connectivity index (χ4n) is 13.4. The van der Waals surface area contributed by atoms with Crippen LogP contribution in [0.15, 0.2) is 47.5 Å². The van der Waals surface area contributed by atoms with Gasteiger partial charge in [-0.1, -0.05) is 65.0 Å². The number of allylic oxidation sites excluding steroid dienone is 3. The second-order valence-corrected chi connectivity index (χ2v) is 17.8. The Kier molecular flexibility index (Phi) is 7.36. The highest BCUT2D eigenvalue weighted by Crippen LogP contribution is 2.78. The molecule has 6 nitrogen and oxygen atoms in total. The van der Waals surface area contributed by atoms with E-state index in [1.165, 1.54) is 23.8 Å². The number of nitrogens with zero attached hydrogens (tertiary/aromatic N) is 1. The number of carbonyl (C=O) groups excluding carboxylic acids is 2. The Morgan fingerprint density at radius 1 is 0.957 bits per heavy atom. The highest BCUT2D eigenvalue weighted by atomic mass is 16.7. The van der Waals surface area contributed by atoms with Crippen molar-refractivity contribution in [2.45, 2.75) is 124 Å². The number of hydrogen-bond acceptors (Lipinski definition) is 6. The summed E-state index contributed by atoms with van der Waals surface area (Å²) in [6, 6.07) is 7.95. The lowest BCUT2D eigenvalue weighted by Crippen LogP contribution is -2.73. The molecule has 47 heavy (non-hydrogen) atoms. The summed E-state index contributed by atoms with van der Waals surface area (Å²) in [7, 11) is 1.42. The Balaban J connectivity index is 1.35. The lowest BCUT2D eigenvalue weighted by atomic mass is 9.31. The Morgan fingerprint density at radius 3 is 2.28 bits per heavy atom. The Bertz CT molecular complexity index is 1570. The molecule has 1 aromatic rings. The van der Waals surface area contributed by atoms with Gasteiger partial charge in [-0.05, 0) is 123 Å². The molecule has 0 bridgehead atoms. The average Bonchev–Trinajstić information content (AvgIpc) is 3.35. The standard InChI is InChI=1S/C41H55NO5/c1-24(2)27-17-20-41(42-23-43)22-33-39(8)29(34(27)41)15-16-30-38(7)19-18-28(25-11-13-26(14-12-25)35(44)45-10)36(3,4)31(38)21-32(40(30,39)9)46-37(5,6)47-33/h11-14,18,27,29-34H,1,15-17,19-22H2,2-10H3/t27-,29+,30+,31-,32-,33-,34+,38+,39-,40-,41-/m0/s1. The third-order valence-electron chi connectivity index (χ3n) is 15.4. The second-order valence-electron chi connectivity index (χ2n) is 17.8. The summed E-state index contributed by atoms with van der Waals surface area (Å²) in [4.78, 5) is 28.9. The predicted octanol–water partition coefficient (Wildman–Crippen LogP) is 8.95. The Morgan fingerprint density at radius 2 is 1.64 bits per heavy atom. The quantitative estimate of drug-likeness (QED) is 0.142. The van der Waals surface area contributed by atoms with Gasteiger partial charge in [0.15, 0.2) is 5.79 Å². The van der Waals surface area contributed by atoms with Crippen LogP contribution < -0.4 is 0 Å². The molecule has 7 rings (SSSR count). The van der Waals surface area contributed by atoms with Crippen LogP contribution in [-0.2, 0) is 19.0 Å². The fraction of sp³-hybridized carbons (Fsp3) is 0.707. The van der Waals surface area contributed by atoms with Gasteiger partial charge in [-0.25, -0.2) is 9.59 Å². The van der Waals surface area contributed by atoms with Crippen molar-refractivity contribution in [3.05, 3.63) is 53.6 Å². The first-order valence-electron chi connectivity index (χ1n) is 18.0. The third-order valence-corrected chi connectivity index (χ3v) is 15.4. The van der Waals surface area contributed by atoms with E-state index in [2.05, 4.69) is 80.2 Å². The molecule has 4 saturated carbocycles. The fourth-order valence-corrected chi connectivity index (χ4v) is 13.4. The molecule has 0 radical (unpaired) electrons. The summed E-state index contributed by atoms with van der Waals surface area (Å²) in [5.41, 5.74) is 3.52. The van der Waals surface area contributed by atoms with Crippen molar-refractivity contribution >= 4 is 17.6 Å². The van der Waals surface area contributed by atoms with Gasteiger partial charge in [0.2, 0.25) is 6.08 Å². The molecule has 5 aliphatic carbocycles. The van der Waals surface area contributed by atoms with Gasteiger partial charge in [0.05, 0.1) is 30.4 Å². The van der Waals surface area contributed by atoms with Crippen molar-refractivity contribution in [3.63, 3.8) is 0 Å². The van der Waals surface area contributed by atoms with Crippen LogP contribution in [0.5, 0.6) is 0 Å². The first-order chi connectivity index (χ1) is 22.0. The van der Waals surface area contributed by atoms with Gasteiger partial charge in [-0.15, -0.1) is 0 Å². The van der Waals surface area contributed by atoms with Crippen LogP contribution in [0.3, 0.4) is 0 Å². The smallest absolute Gasteiger partial charge is 0.337 e. The van der Waals surface area contributed by atoms with Gasteiger partial charge in [0, 0.05) is 17.3 Å². The Hall–Kier alpha value is -2.53. The van der Waals surface area contributed by atoms with Crippen LogP contribution >= 0.6 is 0 Å². The normalized spacial score (nSPS) is 45.6. The van der Waals surface area contributed by atoms with E-state index < -0.39 is 11.3 Å². The topological polar surface area (TPSA) is 74.2 Å². The summed E-state index contributed by atoms with van der Waals surface area (Å²) in [6.45, 7) is 23.4. The van der Waals surface area contributed by atoms with Crippen LogP contribution in [0.2, 0.25) is 0 Å². The van der Waals surface area contributed by atoms with Crippen molar-refractivity contribution in [2.75, 3.05) is 7.11 Å². The number of ether oxygens (including phenoxy) is 3. The number of aliphatic imine (C=N–C) groups is 1. The van der Waals surface area contributed by atoms with Gasteiger partial charge in [0.1, 0.15) is 0 Å². The van der Waals surface area contributed by atoms with Crippen LogP contribution in [-0.4, -0.2) is 42.7 Å². The minimum absolute atomic E-state index is 0.0189. The molecule has 0 spiro atoms. The van der Waals surface area contributed by atoms with E-state index in [9.17, 15) is 9.59 Å². The van der Waals surface area contributed by atoms with Crippen LogP contribution in [0, 0.1) is 51.2 Å². The van der Waals surface area contributed by atoms with Crippen molar-refractivity contribution in [2.24, 2.45) is 56.2 Å². The van der Waals surface area contributed by atoms with E-state index in [0.29, 0.717) is 29.2 Å². The highest BCUT2D eigenvalue weighted by Gasteiger charge is 2.77. The third kappa shape index (κ3) is 4.26. The molecule has 0 unspecified atom stereocenters. The zero-order valence-electron chi connectivity index (χ0n) is 30.1. The van der Waals surface area contributed by atoms with Gasteiger partial charge in [0.25, 0.3) is 0 Å². The van der Waals surface area contributed by atoms with Crippen molar-refractivity contribution in [1.29, 1.82) is 0 Å². The largest absolute Gasteiger partial charge is 0.465 e. The number of esters is 1. The van der Waals surface area contributed by atoms with Crippen molar-refractivity contribution < 1.29 is 23.8 Å². The predicted molar refractivity (Wildman–Crippen MR) is 183 cm³/mol. The summed E-state index contributed by atoms with van der Waals surface area (Å²) < 4.78 is 19.4. The summed E-state index contributed by atoms with van der Waals surface area (Å²) in [6.07, 6.45) is 11.3. The monoisotopic (exact) mass is 641 g/mol. The minimum atomic E-state index is -0.770. The van der Waals surface area contributed by atoms with E-state index in [-0.39, 0.29) is 45.8 Å². The molecule has 6 heteroatoms. The lowest BCUT2D eigenvalue weighted by Gasteiger charge is -2.73. The number of isocyanates is 1. The molecule has 0 N–H and O–H groups in total. The zero-order valence-corrected chi connectivity index (χ0v) is 30.1. The first kappa shape index (κ1) is 33.0. The van der Waals surface area contributed by atoms with Crippen LogP contribution in [0.25, 0.3) is 5.57 Å². The summed E-state index contributed by atoms with van der Waals surface area (Å²) in [5, 5.41) is 0.